The first-order valence-corrected chi connectivity index (χ1v) is 11.6. The van der Waals surface area contributed by atoms with Crippen molar-refractivity contribution >= 4 is 40.0 Å². The Kier molecular flexibility index (Phi) is 7.87. The van der Waals surface area contributed by atoms with Crippen LogP contribution in [0, 0.1) is 17.5 Å². The molecule has 1 fully saturated rings. The third-order valence-electron chi connectivity index (χ3n) is 5.63. The number of aliphatic hydroxyl groups is 1. The Hall–Kier alpha value is -3.39. The highest BCUT2D eigenvalue weighted by Crippen LogP contribution is 2.35. The number of carbonyl (C=O) groups is 1. The summed E-state index contributed by atoms with van der Waals surface area (Å²) in [4.78, 5) is 29.2. The zero-order chi connectivity index (χ0) is 26.9. The molecule has 0 amide bonds. The van der Waals surface area contributed by atoms with Crippen LogP contribution in [-0.4, -0.2) is 65.7 Å². The smallest absolute Gasteiger partial charge is 0.343 e. The van der Waals surface area contributed by atoms with Crippen molar-refractivity contribution in [2.75, 3.05) is 43.9 Å². The van der Waals surface area contributed by atoms with Gasteiger partial charge in [0, 0.05) is 31.9 Å². The van der Waals surface area contributed by atoms with Gasteiger partial charge in [0.2, 0.25) is 5.43 Å². The molecular weight excluding hydrogens is 519 g/mol. The third kappa shape index (κ3) is 5.34. The van der Waals surface area contributed by atoms with Gasteiger partial charge < -0.3 is 30.9 Å². The van der Waals surface area contributed by atoms with Gasteiger partial charge in [0.1, 0.15) is 11.4 Å². The number of halogens is 4. The largest absolute Gasteiger partial charge is 0.462 e. The SMILES string of the molecule is CCOC(=O)c1cn(-c2nc(N)c(F)cc2F)c2c(Cl)c(NCC(O)COC3CNC3)c(F)cc2c1=O. The van der Waals surface area contributed by atoms with Crippen molar-refractivity contribution in [3.63, 3.8) is 0 Å². The molecule has 0 bridgehead atoms. The van der Waals surface area contributed by atoms with Crippen LogP contribution in [0.4, 0.5) is 24.7 Å². The van der Waals surface area contributed by atoms with Crippen molar-refractivity contribution in [2.24, 2.45) is 0 Å². The monoisotopic (exact) mass is 541 g/mol. The molecule has 1 atom stereocenters. The minimum absolute atomic E-state index is 0.0239. The molecule has 198 valence electrons. The van der Waals surface area contributed by atoms with Gasteiger partial charge in [-0.2, -0.15) is 0 Å². The van der Waals surface area contributed by atoms with E-state index in [1.807, 2.05) is 0 Å². The lowest BCUT2D eigenvalue weighted by molar-refractivity contribution is -0.0260. The normalized spacial score (nSPS) is 14.4. The van der Waals surface area contributed by atoms with Crippen molar-refractivity contribution < 1.29 is 32.5 Å². The Labute approximate surface area is 213 Å². The molecule has 2 aromatic heterocycles. The van der Waals surface area contributed by atoms with Crippen LogP contribution >= 0.6 is 11.6 Å². The van der Waals surface area contributed by atoms with Gasteiger partial charge in [0.25, 0.3) is 0 Å². The number of nitrogens with two attached hydrogens (primary N) is 1. The van der Waals surface area contributed by atoms with Gasteiger partial charge in [-0.1, -0.05) is 11.6 Å². The number of carbonyl (C=O) groups excluding carboxylic acids is 1. The fourth-order valence-electron chi connectivity index (χ4n) is 3.64. The minimum Gasteiger partial charge on any atom is -0.462 e. The number of benzene rings is 1. The van der Waals surface area contributed by atoms with Gasteiger partial charge in [-0.15, -0.1) is 0 Å². The number of nitrogen functional groups attached to an aromatic ring is 1. The second kappa shape index (κ2) is 10.9. The maximum Gasteiger partial charge on any atom is 0.343 e. The second-order valence-electron chi connectivity index (χ2n) is 8.22. The standard InChI is InChI=1S/C23H23ClF3N5O5/c1-2-36-23(35)13-8-32(22-16(27)4-15(26)21(28)31-22)19-12(20(13)34)3-14(25)18(17(19)24)30-5-10(33)9-37-11-6-29-7-11/h3-4,8,10-11,29-30,33H,2,5-7,9H2,1H3,(H2,28,31). The van der Waals surface area contributed by atoms with E-state index in [4.69, 9.17) is 26.8 Å². The van der Waals surface area contributed by atoms with Gasteiger partial charge in [-0.25, -0.2) is 22.9 Å². The average molecular weight is 542 g/mol. The van der Waals surface area contributed by atoms with E-state index in [9.17, 15) is 23.5 Å². The molecule has 0 radical (unpaired) electrons. The molecule has 3 aromatic rings. The highest BCUT2D eigenvalue weighted by molar-refractivity contribution is 6.38. The molecule has 0 aliphatic carbocycles. The van der Waals surface area contributed by atoms with Crippen LogP contribution in [0.2, 0.25) is 5.02 Å². The molecule has 0 spiro atoms. The van der Waals surface area contributed by atoms with Crippen LogP contribution in [-0.2, 0) is 9.47 Å². The number of aliphatic hydroxyl groups excluding tert-OH is 1. The van der Waals surface area contributed by atoms with Crippen LogP contribution in [0.25, 0.3) is 16.7 Å². The summed E-state index contributed by atoms with van der Waals surface area (Å²) in [5, 5.41) is 15.1. The lowest BCUT2D eigenvalue weighted by atomic mass is 10.1. The molecule has 4 rings (SSSR count). The number of hydrogen-bond acceptors (Lipinski definition) is 9. The fraction of sp³-hybridized carbons (Fsp3) is 0.348. The van der Waals surface area contributed by atoms with Crippen LogP contribution in [0.1, 0.15) is 17.3 Å². The summed E-state index contributed by atoms with van der Waals surface area (Å²) in [6, 6.07) is 1.27. The summed E-state index contributed by atoms with van der Waals surface area (Å²) < 4.78 is 55.0. The van der Waals surface area contributed by atoms with Crippen molar-refractivity contribution in [1.29, 1.82) is 0 Å². The van der Waals surface area contributed by atoms with Crippen molar-refractivity contribution in [3.8, 4) is 5.82 Å². The van der Waals surface area contributed by atoms with Crippen molar-refractivity contribution in [2.45, 2.75) is 19.1 Å². The Bertz CT molecular complexity index is 1420. The number of nitrogens with zero attached hydrogens (tertiary/aromatic N) is 2. The predicted molar refractivity (Wildman–Crippen MR) is 130 cm³/mol. The van der Waals surface area contributed by atoms with Crippen molar-refractivity contribution in [1.82, 2.24) is 14.9 Å². The lowest BCUT2D eigenvalue weighted by Crippen LogP contribution is -2.49. The van der Waals surface area contributed by atoms with Crippen LogP contribution in [0.15, 0.2) is 23.1 Å². The molecule has 5 N–H and O–H groups in total. The number of nitrogens with one attached hydrogen (secondary N) is 2. The zero-order valence-electron chi connectivity index (χ0n) is 19.5. The number of hydrogen-bond donors (Lipinski definition) is 4. The summed E-state index contributed by atoms with van der Waals surface area (Å²) in [6.45, 7) is 2.56. The molecule has 1 saturated heterocycles. The zero-order valence-corrected chi connectivity index (χ0v) is 20.2. The predicted octanol–water partition coefficient (Wildman–Crippen LogP) is 1.98. The second-order valence-corrected chi connectivity index (χ2v) is 8.59. The lowest BCUT2D eigenvalue weighted by Gasteiger charge is -2.28. The van der Waals surface area contributed by atoms with E-state index in [1.54, 1.807) is 0 Å². The maximum absolute atomic E-state index is 15.1. The van der Waals surface area contributed by atoms with E-state index in [2.05, 4.69) is 15.6 Å². The number of anilines is 2. The summed E-state index contributed by atoms with van der Waals surface area (Å²) in [6.07, 6.45) is -0.144. The summed E-state index contributed by atoms with van der Waals surface area (Å²) in [7, 11) is 0. The van der Waals surface area contributed by atoms with Crippen LogP contribution in [0.5, 0.6) is 0 Å². The Balaban J connectivity index is 1.83. The molecule has 10 nitrogen and oxygen atoms in total. The number of fused-ring (bicyclic) bond motifs is 1. The third-order valence-corrected chi connectivity index (χ3v) is 5.99. The van der Waals surface area contributed by atoms with Gasteiger partial charge in [-0.05, 0) is 13.0 Å². The Morgan fingerprint density at radius 1 is 1.32 bits per heavy atom. The molecule has 1 aliphatic heterocycles. The van der Waals surface area contributed by atoms with E-state index < -0.39 is 57.5 Å². The minimum atomic E-state index is -1.19. The Morgan fingerprint density at radius 3 is 2.70 bits per heavy atom. The molecule has 14 heteroatoms. The summed E-state index contributed by atoms with van der Waals surface area (Å²) in [5.74, 6) is -5.63. The van der Waals surface area contributed by atoms with Gasteiger partial charge >= 0.3 is 5.97 Å². The van der Waals surface area contributed by atoms with Crippen LogP contribution in [0.3, 0.4) is 0 Å². The summed E-state index contributed by atoms with van der Waals surface area (Å²) in [5.41, 5.74) is 3.46. The number of ether oxygens (including phenoxy) is 2. The van der Waals surface area contributed by atoms with E-state index >= 15 is 4.39 Å². The van der Waals surface area contributed by atoms with E-state index in [-0.39, 0.29) is 42.1 Å². The average Bonchev–Trinajstić information content (AvgIpc) is 2.81. The maximum atomic E-state index is 15.1. The molecule has 37 heavy (non-hydrogen) atoms. The van der Waals surface area contributed by atoms with E-state index in [0.29, 0.717) is 19.2 Å². The molecule has 1 unspecified atom stereocenters. The molecule has 3 heterocycles. The number of esters is 1. The fourth-order valence-corrected chi connectivity index (χ4v) is 3.99. The molecular formula is C23H23ClF3N5O5. The van der Waals surface area contributed by atoms with Gasteiger partial charge in [-0.3, -0.25) is 9.36 Å². The number of rotatable bonds is 9. The highest BCUT2D eigenvalue weighted by atomic mass is 35.5. The van der Waals surface area contributed by atoms with E-state index in [1.165, 1.54) is 6.92 Å². The van der Waals surface area contributed by atoms with Gasteiger partial charge in [0.15, 0.2) is 23.3 Å². The first-order valence-electron chi connectivity index (χ1n) is 11.2. The molecule has 1 aliphatic rings. The summed E-state index contributed by atoms with van der Waals surface area (Å²) >= 11 is 6.48. The highest BCUT2D eigenvalue weighted by Gasteiger charge is 2.25. The van der Waals surface area contributed by atoms with Gasteiger partial charge in [0.05, 0.1) is 47.0 Å². The van der Waals surface area contributed by atoms with Crippen molar-refractivity contribution in [3.05, 3.63) is 56.6 Å². The molecule has 0 saturated carbocycles. The first-order chi connectivity index (χ1) is 17.6. The topological polar surface area (TPSA) is 141 Å². The Morgan fingerprint density at radius 2 is 2.05 bits per heavy atom. The quantitative estimate of drug-likeness (QED) is 0.299. The van der Waals surface area contributed by atoms with Crippen LogP contribution < -0.4 is 21.8 Å². The van der Waals surface area contributed by atoms with E-state index in [0.717, 1.165) is 16.8 Å². The number of aromatic nitrogens is 2. The molecule has 1 aromatic carbocycles. The first kappa shape index (κ1) is 26.7. The number of pyridine rings is 2.